The first kappa shape index (κ1) is 13.2. The molecule has 1 aromatic carbocycles. The van der Waals surface area contributed by atoms with Gasteiger partial charge in [0.05, 0.1) is 5.56 Å². The van der Waals surface area contributed by atoms with Crippen molar-refractivity contribution in [2.24, 2.45) is 5.92 Å². The number of ether oxygens (including phenoxy) is 2. The molecule has 0 radical (unpaired) electrons. The van der Waals surface area contributed by atoms with Crippen LogP contribution in [-0.4, -0.2) is 48.8 Å². The van der Waals surface area contributed by atoms with Gasteiger partial charge in [-0.3, -0.25) is 4.79 Å². The first-order chi connectivity index (χ1) is 9.79. The van der Waals surface area contributed by atoms with Crippen LogP contribution in [0.2, 0.25) is 0 Å². The molecule has 1 saturated heterocycles. The Labute approximate surface area is 118 Å². The topological polar surface area (TPSA) is 59.0 Å². The van der Waals surface area contributed by atoms with Crippen LogP contribution < -0.4 is 9.47 Å². The number of carbonyl (C=O) groups is 1. The van der Waals surface area contributed by atoms with E-state index in [4.69, 9.17) is 9.47 Å². The molecule has 2 heterocycles. The van der Waals surface area contributed by atoms with Gasteiger partial charge in [-0.25, -0.2) is 0 Å². The Kier molecular flexibility index (Phi) is 3.78. The molecule has 3 rings (SSSR count). The summed E-state index contributed by atoms with van der Waals surface area (Å²) in [4.78, 5) is 14.4. The van der Waals surface area contributed by atoms with E-state index in [1.807, 2.05) is 12.1 Å². The normalized spacial score (nSPS) is 21.6. The molecule has 5 nitrogen and oxygen atoms in total. The summed E-state index contributed by atoms with van der Waals surface area (Å²) in [5.74, 6) is 1.34. The van der Waals surface area contributed by atoms with E-state index in [-0.39, 0.29) is 18.4 Å². The summed E-state index contributed by atoms with van der Waals surface area (Å²) in [5, 5.41) is 9.27. The summed E-state index contributed by atoms with van der Waals surface area (Å²) in [6, 6.07) is 5.41. The van der Waals surface area contributed by atoms with E-state index in [2.05, 4.69) is 0 Å². The van der Waals surface area contributed by atoms with Crippen molar-refractivity contribution in [1.82, 2.24) is 4.90 Å². The van der Waals surface area contributed by atoms with E-state index in [9.17, 15) is 9.90 Å². The lowest BCUT2D eigenvalue weighted by atomic mass is 9.98. The molecule has 0 bridgehead atoms. The van der Waals surface area contributed by atoms with Crippen LogP contribution >= 0.6 is 0 Å². The molecule has 1 N–H and O–H groups in total. The number of carbonyl (C=O) groups excluding carboxylic acids is 1. The summed E-state index contributed by atoms with van der Waals surface area (Å²) in [7, 11) is 0. The zero-order chi connectivity index (χ0) is 13.9. The number of benzene rings is 1. The Balaban J connectivity index is 1.83. The van der Waals surface area contributed by atoms with Crippen molar-refractivity contribution < 1.29 is 19.4 Å². The highest BCUT2D eigenvalue weighted by atomic mass is 16.6. The van der Waals surface area contributed by atoms with Crippen molar-refractivity contribution in [2.75, 3.05) is 32.9 Å². The van der Waals surface area contributed by atoms with Gasteiger partial charge in [0.2, 0.25) is 0 Å². The van der Waals surface area contributed by atoms with Gasteiger partial charge < -0.3 is 19.5 Å². The minimum atomic E-state index is -0.0366. The standard InChI is InChI=1S/C15H19NO4/c17-10-11-3-2-6-16(9-11)15(18)12-4-1-5-13-14(12)20-8-7-19-13/h1,4-5,11,17H,2-3,6-10H2/t11-/m1/s1. The van der Waals surface area contributed by atoms with Crippen molar-refractivity contribution in [3.05, 3.63) is 23.8 Å². The molecule has 1 atom stereocenters. The zero-order valence-electron chi connectivity index (χ0n) is 11.4. The summed E-state index contributed by atoms with van der Waals surface area (Å²) < 4.78 is 11.1. The minimum Gasteiger partial charge on any atom is -0.486 e. The highest BCUT2D eigenvalue weighted by Crippen LogP contribution is 2.34. The van der Waals surface area contributed by atoms with Gasteiger partial charge >= 0.3 is 0 Å². The monoisotopic (exact) mass is 277 g/mol. The average molecular weight is 277 g/mol. The van der Waals surface area contributed by atoms with Gasteiger partial charge in [-0.15, -0.1) is 0 Å². The lowest BCUT2D eigenvalue weighted by Gasteiger charge is -2.32. The van der Waals surface area contributed by atoms with E-state index in [0.29, 0.717) is 36.8 Å². The first-order valence-electron chi connectivity index (χ1n) is 7.08. The fourth-order valence-corrected chi connectivity index (χ4v) is 2.81. The number of rotatable bonds is 2. The van der Waals surface area contributed by atoms with E-state index in [0.717, 1.165) is 19.4 Å². The largest absolute Gasteiger partial charge is 0.486 e. The number of amides is 1. The summed E-state index contributed by atoms with van der Waals surface area (Å²) in [6.45, 7) is 2.47. The van der Waals surface area contributed by atoms with Gasteiger partial charge in [0.25, 0.3) is 5.91 Å². The first-order valence-corrected chi connectivity index (χ1v) is 7.08. The number of fused-ring (bicyclic) bond motifs is 1. The van der Waals surface area contributed by atoms with Gasteiger partial charge in [-0.1, -0.05) is 6.07 Å². The van der Waals surface area contributed by atoms with E-state index < -0.39 is 0 Å². The number of aliphatic hydroxyl groups is 1. The molecule has 0 unspecified atom stereocenters. The third-order valence-corrected chi connectivity index (χ3v) is 3.86. The maximum absolute atomic E-state index is 12.6. The molecule has 1 aromatic rings. The van der Waals surface area contributed by atoms with Crippen LogP contribution in [0.5, 0.6) is 11.5 Å². The Morgan fingerprint density at radius 2 is 2.20 bits per heavy atom. The summed E-state index contributed by atoms with van der Waals surface area (Å²) in [6.07, 6.45) is 1.91. The Hall–Kier alpha value is -1.75. The zero-order valence-corrected chi connectivity index (χ0v) is 11.4. The maximum Gasteiger partial charge on any atom is 0.257 e. The maximum atomic E-state index is 12.6. The molecule has 2 aliphatic heterocycles. The Bertz CT molecular complexity index is 503. The van der Waals surface area contributed by atoms with Crippen molar-refractivity contribution in [3.63, 3.8) is 0 Å². The van der Waals surface area contributed by atoms with Gasteiger partial charge in [-0.05, 0) is 30.9 Å². The molecular formula is C15H19NO4. The SMILES string of the molecule is O=C(c1cccc2c1OCCO2)N1CCC[C@@H](CO)C1. The summed E-state index contributed by atoms with van der Waals surface area (Å²) >= 11 is 0. The van der Waals surface area contributed by atoms with Gasteiger partial charge in [0.15, 0.2) is 11.5 Å². The van der Waals surface area contributed by atoms with Crippen LogP contribution in [0.1, 0.15) is 23.2 Å². The lowest BCUT2D eigenvalue weighted by molar-refractivity contribution is 0.0612. The number of nitrogens with zero attached hydrogens (tertiary/aromatic N) is 1. The molecule has 5 heteroatoms. The number of hydrogen-bond donors (Lipinski definition) is 1. The Morgan fingerprint density at radius 1 is 1.35 bits per heavy atom. The molecular weight excluding hydrogens is 258 g/mol. The quantitative estimate of drug-likeness (QED) is 0.885. The number of piperidine rings is 1. The second-order valence-corrected chi connectivity index (χ2v) is 5.27. The van der Waals surface area contributed by atoms with Crippen molar-refractivity contribution in [2.45, 2.75) is 12.8 Å². The van der Waals surface area contributed by atoms with Crippen LogP contribution in [0.25, 0.3) is 0 Å². The van der Waals surface area contributed by atoms with E-state index >= 15 is 0 Å². The second kappa shape index (κ2) is 5.71. The predicted octanol–water partition coefficient (Wildman–Crippen LogP) is 1.30. The van der Waals surface area contributed by atoms with Crippen molar-refractivity contribution in [3.8, 4) is 11.5 Å². The Morgan fingerprint density at radius 3 is 3.05 bits per heavy atom. The highest BCUT2D eigenvalue weighted by Gasteiger charge is 2.28. The molecule has 1 fully saturated rings. The molecule has 0 aliphatic carbocycles. The molecule has 1 amide bonds. The fourth-order valence-electron chi connectivity index (χ4n) is 2.81. The predicted molar refractivity (Wildman–Crippen MR) is 73.1 cm³/mol. The van der Waals surface area contributed by atoms with Crippen molar-refractivity contribution in [1.29, 1.82) is 0 Å². The number of aliphatic hydroxyl groups excluding tert-OH is 1. The molecule has 0 saturated carbocycles. The molecule has 0 aromatic heterocycles. The highest BCUT2D eigenvalue weighted by molar-refractivity contribution is 5.98. The van der Waals surface area contributed by atoms with Gasteiger partial charge in [0, 0.05) is 19.7 Å². The van der Waals surface area contributed by atoms with Crippen LogP contribution in [0.4, 0.5) is 0 Å². The number of para-hydroxylation sites is 1. The van der Waals surface area contributed by atoms with Crippen molar-refractivity contribution >= 4 is 5.91 Å². The number of likely N-dealkylation sites (tertiary alicyclic amines) is 1. The molecule has 108 valence electrons. The molecule has 20 heavy (non-hydrogen) atoms. The van der Waals surface area contributed by atoms with Crippen LogP contribution in [0.3, 0.4) is 0 Å². The van der Waals surface area contributed by atoms with Crippen LogP contribution in [-0.2, 0) is 0 Å². The van der Waals surface area contributed by atoms with Crippen LogP contribution in [0, 0.1) is 5.92 Å². The lowest BCUT2D eigenvalue weighted by Crippen LogP contribution is -2.41. The molecule has 0 spiro atoms. The molecule has 2 aliphatic rings. The summed E-state index contributed by atoms with van der Waals surface area (Å²) in [5.41, 5.74) is 0.556. The third kappa shape index (κ3) is 2.45. The van der Waals surface area contributed by atoms with Crippen LogP contribution in [0.15, 0.2) is 18.2 Å². The second-order valence-electron chi connectivity index (χ2n) is 5.27. The third-order valence-electron chi connectivity index (χ3n) is 3.86. The van der Waals surface area contributed by atoms with Gasteiger partial charge in [0.1, 0.15) is 13.2 Å². The smallest absolute Gasteiger partial charge is 0.257 e. The fraction of sp³-hybridized carbons (Fsp3) is 0.533. The number of hydrogen-bond acceptors (Lipinski definition) is 4. The van der Waals surface area contributed by atoms with E-state index in [1.165, 1.54) is 0 Å². The minimum absolute atomic E-state index is 0.0366. The van der Waals surface area contributed by atoms with E-state index in [1.54, 1.807) is 11.0 Å². The average Bonchev–Trinajstić information content (AvgIpc) is 2.53. The van der Waals surface area contributed by atoms with Gasteiger partial charge in [-0.2, -0.15) is 0 Å².